The molecule has 1 N–H and O–H groups in total. The number of nitrogens with one attached hydrogen (secondary N) is 1. The van der Waals surface area contributed by atoms with Gasteiger partial charge in [0.15, 0.2) is 10.8 Å². The minimum absolute atomic E-state index is 0.0751. The van der Waals surface area contributed by atoms with Crippen molar-refractivity contribution in [3.05, 3.63) is 76.7 Å². The molecular formula is C24H23N5O3S. The molecular weight excluding hydrogens is 438 g/mol. The second-order valence-electron chi connectivity index (χ2n) is 7.82. The Hall–Kier alpha value is -3.59. The molecule has 1 unspecified atom stereocenters. The highest BCUT2D eigenvalue weighted by atomic mass is 32.2. The molecule has 2 aromatic carbocycles. The van der Waals surface area contributed by atoms with Crippen molar-refractivity contribution < 1.29 is 9.53 Å². The fourth-order valence-corrected chi connectivity index (χ4v) is 5.09. The van der Waals surface area contributed by atoms with Crippen LogP contribution in [0.4, 0.5) is 0 Å². The van der Waals surface area contributed by atoms with E-state index in [9.17, 15) is 9.59 Å². The molecule has 1 aliphatic rings. The summed E-state index contributed by atoms with van der Waals surface area (Å²) in [6.07, 6.45) is 2.52. The van der Waals surface area contributed by atoms with Gasteiger partial charge in [-0.2, -0.15) is 5.10 Å². The predicted molar refractivity (Wildman–Crippen MR) is 127 cm³/mol. The molecule has 4 aromatic rings. The fraction of sp³-hybridized carbons (Fsp3) is 0.250. The van der Waals surface area contributed by atoms with E-state index >= 15 is 0 Å². The van der Waals surface area contributed by atoms with Gasteiger partial charge in [-0.25, -0.2) is 9.67 Å². The Morgan fingerprint density at radius 1 is 1.18 bits per heavy atom. The zero-order valence-electron chi connectivity index (χ0n) is 18.1. The number of para-hydroxylation sites is 1. The summed E-state index contributed by atoms with van der Waals surface area (Å²) in [7, 11) is 1.63. The minimum Gasteiger partial charge on any atom is -0.497 e. The van der Waals surface area contributed by atoms with E-state index in [2.05, 4.69) is 10.4 Å². The van der Waals surface area contributed by atoms with Crippen LogP contribution in [0.5, 0.6) is 5.75 Å². The first-order valence-electron chi connectivity index (χ1n) is 10.7. The highest BCUT2D eigenvalue weighted by Crippen LogP contribution is 2.33. The maximum Gasteiger partial charge on any atom is 0.265 e. The lowest BCUT2D eigenvalue weighted by atomic mass is 10.1. The maximum absolute atomic E-state index is 13.2. The molecule has 0 bridgehead atoms. The molecule has 2 aromatic heterocycles. The summed E-state index contributed by atoms with van der Waals surface area (Å²) in [6.45, 7) is 0.536. The summed E-state index contributed by atoms with van der Waals surface area (Å²) in [5.74, 6) is 1.37. The molecule has 0 fully saturated rings. The maximum atomic E-state index is 13.2. The van der Waals surface area contributed by atoms with Gasteiger partial charge in [0.1, 0.15) is 11.1 Å². The van der Waals surface area contributed by atoms with Crippen LogP contribution in [0.15, 0.2) is 70.7 Å². The van der Waals surface area contributed by atoms with Crippen LogP contribution in [0.1, 0.15) is 18.0 Å². The first-order valence-corrected chi connectivity index (χ1v) is 11.7. The summed E-state index contributed by atoms with van der Waals surface area (Å²) in [6, 6.07) is 17.2. The van der Waals surface area contributed by atoms with E-state index in [0.29, 0.717) is 28.5 Å². The third kappa shape index (κ3) is 4.23. The van der Waals surface area contributed by atoms with Gasteiger partial charge in [-0.3, -0.25) is 14.2 Å². The van der Waals surface area contributed by atoms with Gasteiger partial charge in [-0.1, -0.05) is 42.1 Å². The van der Waals surface area contributed by atoms with Crippen LogP contribution in [0, 0.1) is 0 Å². The van der Waals surface area contributed by atoms with Crippen LogP contribution in [0.2, 0.25) is 0 Å². The highest BCUT2D eigenvalue weighted by Gasteiger charge is 2.29. The molecule has 3 heterocycles. The van der Waals surface area contributed by atoms with Crippen LogP contribution < -0.4 is 15.6 Å². The fourth-order valence-electron chi connectivity index (χ4n) is 3.96. The molecule has 33 heavy (non-hydrogen) atoms. The quantitative estimate of drug-likeness (QED) is 0.426. The molecule has 0 radical (unpaired) electrons. The number of amides is 1. The van der Waals surface area contributed by atoms with Crippen molar-refractivity contribution in [3.63, 3.8) is 0 Å². The summed E-state index contributed by atoms with van der Waals surface area (Å²) in [5, 5.41) is 8.43. The normalized spacial score (nSPS) is 14.9. The Morgan fingerprint density at radius 3 is 2.73 bits per heavy atom. The monoisotopic (exact) mass is 461 g/mol. The summed E-state index contributed by atoms with van der Waals surface area (Å²) in [5.41, 5.74) is 2.35. The third-order valence-electron chi connectivity index (χ3n) is 5.69. The SMILES string of the molecule is COc1ccc(CCNC(=O)CC2CSc3nc4c(cnn4-c4ccccc4)c(=O)n32)cc1. The number of aromatic nitrogens is 4. The number of ether oxygens (including phenoxy) is 1. The van der Waals surface area contributed by atoms with E-state index < -0.39 is 0 Å². The Kier molecular flexibility index (Phi) is 5.87. The van der Waals surface area contributed by atoms with Crippen LogP contribution in [-0.2, 0) is 11.2 Å². The van der Waals surface area contributed by atoms with Crippen LogP contribution in [0.3, 0.4) is 0 Å². The predicted octanol–water partition coefficient (Wildman–Crippen LogP) is 2.99. The van der Waals surface area contributed by atoms with Crippen molar-refractivity contribution in [2.45, 2.75) is 24.0 Å². The van der Waals surface area contributed by atoms with E-state index in [1.54, 1.807) is 22.6 Å². The zero-order chi connectivity index (χ0) is 22.8. The number of rotatable bonds is 7. The molecule has 0 spiro atoms. The van der Waals surface area contributed by atoms with Crippen molar-refractivity contribution in [1.29, 1.82) is 0 Å². The average Bonchev–Trinajstić information content (AvgIpc) is 3.45. The highest BCUT2D eigenvalue weighted by molar-refractivity contribution is 7.99. The van der Waals surface area contributed by atoms with E-state index in [4.69, 9.17) is 9.72 Å². The van der Waals surface area contributed by atoms with Crippen LogP contribution in [0.25, 0.3) is 16.7 Å². The van der Waals surface area contributed by atoms with Gasteiger partial charge in [0.25, 0.3) is 5.56 Å². The molecule has 1 atom stereocenters. The number of thioether (sulfide) groups is 1. The molecule has 0 saturated heterocycles. The van der Waals surface area contributed by atoms with E-state index in [0.717, 1.165) is 23.4 Å². The summed E-state index contributed by atoms with van der Waals surface area (Å²) < 4.78 is 8.49. The molecule has 0 saturated carbocycles. The number of carbonyl (C=O) groups excluding carboxylic acids is 1. The van der Waals surface area contributed by atoms with Crippen molar-refractivity contribution in [1.82, 2.24) is 24.6 Å². The van der Waals surface area contributed by atoms with Crippen LogP contribution in [-0.4, -0.2) is 44.6 Å². The number of hydrogen-bond acceptors (Lipinski definition) is 6. The molecule has 8 nitrogen and oxygen atoms in total. The van der Waals surface area contributed by atoms with Crippen LogP contribution >= 0.6 is 11.8 Å². The second-order valence-corrected chi connectivity index (χ2v) is 8.80. The van der Waals surface area contributed by atoms with E-state index in [1.165, 1.54) is 11.8 Å². The zero-order valence-corrected chi connectivity index (χ0v) is 18.9. The lowest BCUT2D eigenvalue weighted by Crippen LogP contribution is -2.31. The van der Waals surface area contributed by atoms with Crippen molar-refractivity contribution in [2.24, 2.45) is 0 Å². The molecule has 9 heteroatoms. The number of benzene rings is 2. The lowest BCUT2D eigenvalue weighted by Gasteiger charge is -2.13. The molecule has 0 aliphatic carbocycles. The Balaban J connectivity index is 1.28. The van der Waals surface area contributed by atoms with Crippen molar-refractivity contribution in [3.8, 4) is 11.4 Å². The average molecular weight is 462 g/mol. The van der Waals surface area contributed by atoms with Gasteiger partial charge in [-0.15, -0.1) is 0 Å². The van der Waals surface area contributed by atoms with Crippen molar-refractivity contribution in [2.75, 3.05) is 19.4 Å². The van der Waals surface area contributed by atoms with Gasteiger partial charge in [0.2, 0.25) is 5.91 Å². The molecule has 1 aliphatic heterocycles. The first-order chi connectivity index (χ1) is 16.1. The summed E-state index contributed by atoms with van der Waals surface area (Å²) in [4.78, 5) is 30.5. The minimum atomic E-state index is -0.226. The topological polar surface area (TPSA) is 91.0 Å². The Morgan fingerprint density at radius 2 is 1.97 bits per heavy atom. The van der Waals surface area contributed by atoms with Gasteiger partial charge in [0.05, 0.1) is 25.0 Å². The number of fused-ring (bicyclic) bond motifs is 2. The largest absolute Gasteiger partial charge is 0.497 e. The van der Waals surface area contributed by atoms with Crippen molar-refractivity contribution >= 4 is 28.7 Å². The number of carbonyl (C=O) groups is 1. The van der Waals surface area contributed by atoms with Gasteiger partial charge in [0, 0.05) is 18.7 Å². The number of nitrogens with zero attached hydrogens (tertiary/aromatic N) is 4. The Labute approximate surface area is 194 Å². The first kappa shape index (κ1) is 21.3. The van der Waals surface area contributed by atoms with Gasteiger partial charge >= 0.3 is 0 Å². The summed E-state index contributed by atoms with van der Waals surface area (Å²) >= 11 is 1.50. The molecule has 1 amide bonds. The third-order valence-corrected chi connectivity index (χ3v) is 6.78. The molecule has 168 valence electrons. The van der Waals surface area contributed by atoms with Gasteiger partial charge in [-0.05, 0) is 36.2 Å². The standard InChI is InChI=1S/C24H23N5O3S/c1-32-19-9-7-16(8-10-19)11-12-25-21(30)13-18-15-33-24-27-22-20(23(31)28(18)24)14-26-29(22)17-5-3-2-4-6-17/h2-10,14,18H,11-13,15H2,1H3,(H,25,30). The van der Waals surface area contributed by atoms with Gasteiger partial charge < -0.3 is 10.1 Å². The number of methoxy groups -OCH3 is 1. The number of hydrogen-bond donors (Lipinski definition) is 1. The Bertz CT molecular complexity index is 1350. The lowest BCUT2D eigenvalue weighted by molar-refractivity contribution is -0.121. The second kappa shape index (κ2) is 9.11. The smallest absolute Gasteiger partial charge is 0.265 e. The van der Waals surface area contributed by atoms with E-state index in [1.807, 2.05) is 54.6 Å². The molecule has 5 rings (SSSR count). The van der Waals surface area contributed by atoms with E-state index in [-0.39, 0.29) is 23.9 Å².